The molecule has 0 saturated heterocycles. The van der Waals surface area contributed by atoms with Crippen molar-refractivity contribution < 1.29 is 69.1 Å². The zero-order valence-electron chi connectivity index (χ0n) is 12.7. The molecular weight excluding hydrogens is 478 g/mol. The topological polar surface area (TPSA) is 294 Å². The van der Waals surface area contributed by atoms with Crippen molar-refractivity contribution in [1.82, 2.24) is 0 Å². The van der Waals surface area contributed by atoms with Crippen molar-refractivity contribution in [2.24, 2.45) is 0 Å². The molecule has 19 heteroatoms. The van der Waals surface area contributed by atoms with Crippen LogP contribution in [0.1, 0.15) is 0 Å². The van der Waals surface area contributed by atoms with Crippen molar-refractivity contribution in [2.75, 3.05) is 13.2 Å². The molecule has 0 aromatic heterocycles. The van der Waals surface area contributed by atoms with Crippen LogP contribution in [0.15, 0.2) is 0 Å². The van der Waals surface area contributed by atoms with Crippen LogP contribution in [0.5, 0.6) is 0 Å². The van der Waals surface area contributed by atoms with Crippen LogP contribution in [-0.2, 0) is 9.13 Å². The molecule has 0 amide bonds. The average Bonchev–Trinajstić information content (AvgIpc) is 2.30. The molecule has 0 aliphatic carbocycles. The maximum Gasteiger partial charge on any atom is 2.00 e. The van der Waals surface area contributed by atoms with E-state index in [1.807, 2.05) is 0 Å². The van der Waals surface area contributed by atoms with E-state index in [-0.39, 0.29) is 113 Å². The standard InChI is InChI=1S/C6H14O6.3Ca.2H3O4P/c7-1-3(9)5(11)6(12)4(10)2-8;;;;2*1-5(2,3)4/h3-12H,1-2H2;;;;2*(H3,1,2,3,4)/q;3*+2;;/p-6/t3-,4-,5-,6-;;;;;/m1...../s1. The van der Waals surface area contributed by atoms with E-state index >= 15 is 0 Å². The quantitative estimate of drug-likeness (QED) is 0.153. The summed E-state index contributed by atoms with van der Waals surface area (Å²) in [5.41, 5.74) is 0. The van der Waals surface area contributed by atoms with Crippen molar-refractivity contribution in [3.8, 4) is 0 Å². The second kappa shape index (κ2) is 22.4. The summed E-state index contributed by atoms with van der Waals surface area (Å²) in [5, 5.41) is 52.2. The number of phosphoric acid groups is 2. The van der Waals surface area contributed by atoms with E-state index in [0.29, 0.717) is 0 Å². The van der Waals surface area contributed by atoms with Gasteiger partial charge < -0.3 is 69.1 Å². The Kier molecular flexibility index (Phi) is 38.4. The summed E-state index contributed by atoms with van der Waals surface area (Å²) in [7, 11) is -10.8. The van der Waals surface area contributed by atoms with Gasteiger partial charge in [-0.1, -0.05) is 0 Å². The van der Waals surface area contributed by atoms with Gasteiger partial charge >= 0.3 is 113 Å². The van der Waals surface area contributed by atoms with Gasteiger partial charge in [0, 0.05) is 0 Å². The van der Waals surface area contributed by atoms with E-state index in [0.717, 1.165) is 0 Å². The fraction of sp³-hybridized carbons (Fsp3) is 1.00. The smallest absolute Gasteiger partial charge is 0.822 e. The summed E-state index contributed by atoms with van der Waals surface area (Å²) >= 11 is 0. The van der Waals surface area contributed by atoms with Crippen LogP contribution < -0.4 is 29.4 Å². The van der Waals surface area contributed by atoms with Gasteiger partial charge in [-0.3, -0.25) is 0 Å². The minimum atomic E-state index is -5.39. The molecule has 0 rings (SSSR count). The Labute approximate surface area is 232 Å². The fourth-order valence-electron chi connectivity index (χ4n) is 0.671. The predicted molar refractivity (Wildman–Crippen MR) is 70.7 cm³/mol. The largest absolute Gasteiger partial charge is 2.00 e. The Hall–Kier alpha value is 3.76. The van der Waals surface area contributed by atoms with Crippen LogP contribution >= 0.6 is 15.6 Å². The molecule has 6 N–H and O–H groups in total. The van der Waals surface area contributed by atoms with Crippen molar-refractivity contribution in [3.63, 3.8) is 0 Å². The number of aliphatic hydroxyl groups is 6. The normalized spacial score (nSPS) is 15.0. The SMILES string of the molecule is O=P([O-])([O-])[O-].O=P([O-])([O-])[O-].OC[C@@H](O)[C@@H](O)[C@H](O)[C@H](O)CO.[Ca+2].[Ca+2].[Ca+2]. The van der Waals surface area contributed by atoms with Gasteiger partial charge in [-0.25, -0.2) is 0 Å². The van der Waals surface area contributed by atoms with Crippen molar-refractivity contribution in [2.45, 2.75) is 24.4 Å². The van der Waals surface area contributed by atoms with Crippen molar-refractivity contribution >= 4 is 129 Å². The summed E-state index contributed by atoms with van der Waals surface area (Å²) in [6.07, 6.45) is -6.39. The van der Waals surface area contributed by atoms with E-state index in [9.17, 15) is 0 Å². The third-order valence-corrected chi connectivity index (χ3v) is 1.51. The van der Waals surface area contributed by atoms with E-state index < -0.39 is 53.3 Å². The molecule has 0 fully saturated rings. The van der Waals surface area contributed by atoms with Crippen LogP contribution in [0.3, 0.4) is 0 Å². The second-order valence-corrected chi connectivity index (χ2v) is 5.16. The van der Waals surface area contributed by atoms with Crippen LogP contribution in [0.4, 0.5) is 0 Å². The van der Waals surface area contributed by atoms with E-state index in [1.165, 1.54) is 0 Å². The van der Waals surface area contributed by atoms with Gasteiger partial charge in [-0.05, 0) is 0 Å². The first-order valence-corrected chi connectivity index (χ1v) is 7.86. The first kappa shape index (κ1) is 42.8. The van der Waals surface area contributed by atoms with Gasteiger partial charge in [0.05, 0.1) is 13.2 Å². The molecule has 0 unspecified atom stereocenters. The molecular formula is C6H14Ca3O14P2. The monoisotopic (exact) mass is 492 g/mol. The Morgan fingerprint density at radius 2 is 0.720 bits per heavy atom. The molecule has 0 radical (unpaired) electrons. The van der Waals surface area contributed by atoms with Gasteiger partial charge in [0.15, 0.2) is 0 Å². The van der Waals surface area contributed by atoms with Crippen molar-refractivity contribution in [1.29, 1.82) is 0 Å². The molecule has 0 aromatic carbocycles. The third-order valence-electron chi connectivity index (χ3n) is 1.51. The van der Waals surface area contributed by atoms with E-state index in [1.54, 1.807) is 0 Å². The number of rotatable bonds is 5. The third kappa shape index (κ3) is 47.2. The summed E-state index contributed by atoms with van der Waals surface area (Å²) in [6.45, 7) is -1.45. The van der Waals surface area contributed by atoms with Gasteiger partial charge in [-0.15, -0.1) is 0 Å². The van der Waals surface area contributed by atoms with Crippen molar-refractivity contribution in [3.05, 3.63) is 0 Å². The molecule has 25 heavy (non-hydrogen) atoms. The second-order valence-electron chi connectivity index (χ2n) is 3.38. The summed E-state index contributed by atoms with van der Waals surface area (Å²) in [5.74, 6) is 0. The molecule has 14 nitrogen and oxygen atoms in total. The molecule has 0 aliphatic heterocycles. The van der Waals surface area contributed by atoms with Crippen LogP contribution in [-0.4, -0.2) is 181 Å². The minimum absolute atomic E-state index is 0. The summed E-state index contributed by atoms with van der Waals surface area (Å²) in [4.78, 5) is 51.3. The molecule has 138 valence electrons. The minimum Gasteiger partial charge on any atom is -0.822 e. The van der Waals surface area contributed by atoms with Crippen LogP contribution in [0.2, 0.25) is 0 Å². The zero-order valence-corrected chi connectivity index (χ0v) is 21.1. The van der Waals surface area contributed by atoms with E-state index in [2.05, 4.69) is 0 Å². The first-order valence-electron chi connectivity index (χ1n) is 4.94. The van der Waals surface area contributed by atoms with Crippen LogP contribution in [0, 0.1) is 0 Å². The van der Waals surface area contributed by atoms with Gasteiger partial charge in [0.2, 0.25) is 0 Å². The summed E-state index contributed by atoms with van der Waals surface area (Å²) < 4.78 is 17.1. The molecule has 0 heterocycles. The molecule has 0 saturated carbocycles. The maximum absolute atomic E-state index is 8.96. The molecule has 0 aromatic rings. The Bertz CT molecular complexity index is 312. The summed E-state index contributed by atoms with van der Waals surface area (Å²) in [6, 6.07) is 0. The molecule has 0 bridgehead atoms. The Morgan fingerprint density at radius 1 is 0.600 bits per heavy atom. The van der Waals surface area contributed by atoms with E-state index in [4.69, 9.17) is 69.1 Å². The van der Waals surface area contributed by atoms with Gasteiger partial charge in [0.1, 0.15) is 24.4 Å². The molecule has 0 aliphatic rings. The molecule has 4 atom stereocenters. The van der Waals surface area contributed by atoms with Crippen LogP contribution in [0.25, 0.3) is 0 Å². The molecule has 0 spiro atoms. The average molecular weight is 492 g/mol. The van der Waals surface area contributed by atoms with Gasteiger partial charge in [0.25, 0.3) is 0 Å². The number of hydrogen-bond donors (Lipinski definition) is 6. The predicted octanol–water partition coefficient (Wildman–Crippen LogP) is -10.4. The first-order chi connectivity index (χ1) is 9.54. The Balaban J connectivity index is -0.0000000592. The zero-order chi connectivity index (χ0) is 18.7. The van der Waals surface area contributed by atoms with Gasteiger partial charge in [-0.2, -0.15) is 15.6 Å². The maximum atomic E-state index is 8.96. The Morgan fingerprint density at radius 3 is 0.800 bits per heavy atom. The number of aliphatic hydroxyl groups excluding tert-OH is 6. The fourth-order valence-corrected chi connectivity index (χ4v) is 0.671. The number of hydrogen-bond acceptors (Lipinski definition) is 14.